The summed E-state index contributed by atoms with van der Waals surface area (Å²) < 4.78 is 10.4. The van der Waals surface area contributed by atoms with Gasteiger partial charge in [0.15, 0.2) is 11.5 Å². The highest BCUT2D eigenvalue weighted by Gasteiger charge is 2.09. The number of benzene rings is 1. The van der Waals surface area contributed by atoms with Gasteiger partial charge >= 0.3 is 0 Å². The summed E-state index contributed by atoms with van der Waals surface area (Å²) in [5.74, 6) is 0.358. The van der Waals surface area contributed by atoms with Crippen LogP contribution in [0.2, 0.25) is 0 Å². The summed E-state index contributed by atoms with van der Waals surface area (Å²) in [6.45, 7) is -0.163. The molecule has 126 valence electrons. The zero-order valence-corrected chi connectivity index (χ0v) is 14.1. The van der Waals surface area contributed by atoms with Crippen LogP contribution in [-0.2, 0) is 4.79 Å². The second kappa shape index (κ2) is 8.68. The molecule has 0 aliphatic heterocycles. The highest BCUT2D eigenvalue weighted by atomic mass is 32.1. The van der Waals surface area contributed by atoms with Crippen LogP contribution < -0.4 is 20.2 Å². The smallest absolute Gasteiger partial charge is 0.261 e. The maximum absolute atomic E-state index is 11.7. The Bertz CT molecular complexity index is 729. The van der Waals surface area contributed by atoms with Gasteiger partial charge in [-0.25, -0.2) is 5.43 Å². The monoisotopic (exact) mass is 347 g/mol. The SMILES string of the molecule is COc1cccc(/C=N\NC(=O)CNC(=O)c2cccs2)c1OC. The van der Waals surface area contributed by atoms with E-state index in [0.717, 1.165) is 0 Å². The highest BCUT2D eigenvalue weighted by molar-refractivity contribution is 7.12. The predicted molar refractivity (Wildman–Crippen MR) is 91.9 cm³/mol. The number of hydrogen-bond donors (Lipinski definition) is 2. The average Bonchev–Trinajstić information content (AvgIpc) is 3.14. The van der Waals surface area contributed by atoms with E-state index in [0.29, 0.717) is 21.9 Å². The van der Waals surface area contributed by atoms with Crippen molar-refractivity contribution in [3.05, 3.63) is 46.2 Å². The van der Waals surface area contributed by atoms with Crippen LogP contribution in [0.3, 0.4) is 0 Å². The molecule has 0 aliphatic carbocycles. The molecule has 0 unspecified atom stereocenters. The van der Waals surface area contributed by atoms with E-state index in [-0.39, 0.29) is 12.5 Å². The molecule has 1 aromatic carbocycles. The van der Waals surface area contributed by atoms with Gasteiger partial charge in [-0.15, -0.1) is 11.3 Å². The lowest BCUT2D eigenvalue weighted by atomic mass is 10.2. The van der Waals surface area contributed by atoms with Gasteiger partial charge in [0.1, 0.15) is 0 Å². The van der Waals surface area contributed by atoms with Gasteiger partial charge in [0.2, 0.25) is 0 Å². The van der Waals surface area contributed by atoms with Gasteiger partial charge in [-0.1, -0.05) is 12.1 Å². The molecule has 0 bridgehead atoms. The molecule has 0 saturated carbocycles. The summed E-state index contributed by atoms with van der Waals surface area (Å²) in [5, 5.41) is 8.17. The molecule has 1 heterocycles. The largest absolute Gasteiger partial charge is 0.493 e. The number of rotatable bonds is 7. The average molecular weight is 347 g/mol. The molecular formula is C16H17N3O4S. The molecule has 2 amide bonds. The minimum Gasteiger partial charge on any atom is -0.493 e. The Balaban J connectivity index is 1.87. The van der Waals surface area contributed by atoms with E-state index in [2.05, 4.69) is 15.8 Å². The first kappa shape index (κ1) is 17.5. The zero-order valence-electron chi connectivity index (χ0n) is 13.2. The van der Waals surface area contributed by atoms with Gasteiger partial charge in [-0.2, -0.15) is 5.10 Å². The number of nitrogens with zero attached hydrogens (tertiary/aromatic N) is 1. The normalized spacial score (nSPS) is 10.4. The van der Waals surface area contributed by atoms with Crippen molar-refractivity contribution in [2.24, 2.45) is 5.10 Å². The topological polar surface area (TPSA) is 89.0 Å². The van der Waals surface area contributed by atoms with E-state index in [1.165, 1.54) is 31.8 Å². The minimum absolute atomic E-state index is 0.163. The van der Waals surface area contributed by atoms with Crippen molar-refractivity contribution >= 4 is 29.4 Å². The molecule has 24 heavy (non-hydrogen) atoms. The van der Waals surface area contributed by atoms with Crippen LogP contribution in [0.4, 0.5) is 0 Å². The van der Waals surface area contributed by atoms with E-state index >= 15 is 0 Å². The van der Waals surface area contributed by atoms with Crippen LogP contribution in [-0.4, -0.2) is 38.8 Å². The number of hydrogen-bond acceptors (Lipinski definition) is 6. The molecule has 7 nitrogen and oxygen atoms in total. The second-order valence-corrected chi connectivity index (χ2v) is 5.48. The van der Waals surface area contributed by atoms with Crippen molar-refractivity contribution < 1.29 is 19.1 Å². The van der Waals surface area contributed by atoms with Gasteiger partial charge in [-0.3, -0.25) is 9.59 Å². The van der Waals surface area contributed by atoms with Crippen molar-refractivity contribution in [2.45, 2.75) is 0 Å². The third-order valence-corrected chi connectivity index (χ3v) is 3.85. The summed E-state index contributed by atoms with van der Waals surface area (Å²) in [7, 11) is 3.06. The van der Waals surface area contributed by atoms with Crippen molar-refractivity contribution in [3.8, 4) is 11.5 Å². The van der Waals surface area contributed by atoms with Crippen molar-refractivity contribution in [2.75, 3.05) is 20.8 Å². The first-order chi connectivity index (χ1) is 11.7. The van der Waals surface area contributed by atoms with Crippen LogP contribution in [0.1, 0.15) is 15.2 Å². The van der Waals surface area contributed by atoms with Crippen LogP contribution in [0.5, 0.6) is 11.5 Å². The number of hydrazone groups is 1. The third kappa shape index (κ3) is 4.56. The molecule has 0 spiro atoms. The maximum Gasteiger partial charge on any atom is 0.261 e. The number of methoxy groups -OCH3 is 2. The standard InChI is InChI=1S/C16H17N3O4S/c1-22-12-6-3-5-11(15(12)23-2)9-18-19-14(20)10-17-16(21)13-7-4-8-24-13/h3-9H,10H2,1-2H3,(H,17,21)(H,19,20)/b18-9-. The fourth-order valence-corrected chi connectivity index (χ4v) is 2.52. The third-order valence-electron chi connectivity index (χ3n) is 2.98. The second-order valence-electron chi connectivity index (χ2n) is 4.54. The van der Waals surface area contributed by atoms with Crippen molar-refractivity contribution in [3.63, 3.8) is 0 Å². The lowest BCUT2D eigenvalue weighted by Gasteiger charge is -2.09. The molecule has 1 aromatic heterocycles. The Morgan fingerprint density at radius 2 is 2.04 bits per heavy atom. The fourth-order valence-electron chi connectivity index (χ4n) is 1.88. The molecular weight excluding hydrogens is 330 g/mol. The number of thiophene rings is 1. The minimum atomic E-state index is -0.432. The summed E-state index contributed by atoms with van der Waals surface area (Å²) in [5.41, 5.74) is 3.00. The molecule has 8 heteroatoms. The van der Waals surface area contributed by atoms with Crippen LogP contribution >= 0.6 is 11.3 Å². The Hall–Kier alpha value is -2.87. The summed E-state index contributed by atoms with van der Waals surface area (Å²) in [6.07, 6.45) is 1.44. The summed E-state index contributed by atoms with van der Waals surface area (Å²) in [4.78, 5) is 24.0. The summed E-state index contributed by atoms with van der Waals surface area (Å²) in [6, 6.07) is 8.77. The molecule has 0 aliphatic rings. The highest BCUT2D eigenvalue weighted by Crippen LogP contribution is 2.29. The predicted octanol–water partition coefficient (Wildman–Crippen LogP) is 1.65. The van der Waals surface area contributed by atoms with Gasteiger partial charge in [-0.05, 0) is 23.6 Å². The molecule has 0 saturated heterocycles. The van der Waals surface area contributed by atoms with E-state index in [1.807, 2.05) is 0 Å². The maximum atomic E-state index is 11.7. The van der Waals surface area contributed by atoms with E-state index in [9.17, 15) is 9.59 Å². The van der Waals surface area contributed by atoms with E-state index in [1.54, 1.807) is 35.7 Å². The van der Waals surface area contributed by atoms with Crippen LogP contribution in [0, 0.1) is 0 Å². The number of carbonyl (C=O) groups excluding carboxylic acids is 2. The van der Waals surface area contributed by atoms with Gasteiger partial charge < -0.3 is 14.8 Å². The molecule has 2 N–H and O–H groups in total. The Kier molecular flexibility index (Phi) is 6.32. The Morgan fingerprint density at radius 1 is 1.21 bits per heavy atom. The molecule has 0 atom stereocenters. The number of carbonyl (C=O) groups is 2. The van der Waals surface area contributed by atoms with Crippen molar-refractivity contribution in [1.82, 2.24) is 10.7 Å². The fraction of sp³-hybridized carbons (Fsp3) is 0.188. The lowest BCUT2D eigenvalue weighted by molar-refractivity contribution is -0.120. The Labute approximate surface area is 143 Å². The molecule has 0 radical (unpaired) electrons. The quantitative estimate of drug-likeness (QED) is 0.589. The number of nitrogens with one attached hydrogen (secondary N) is 2. The van der Waals surface area contributed by atoms with E-state index < -0.39 is 5.91 Å². The van der Waals surface area contributed by atoms with Gasteiger partial charge in [0.25, 0.3) is 11.8 Å². The van der Waals surface area contributed by atoms with Crippen LogP contribution in [0.25, 0.3) is 0 Å². The molecule has 2 aromatic rings. The molecule has 0 fully saturated rings. The van der Waals surface area contributed by atoms with Crippen LogP contribution in [0.15, 0.2) is 40.8 Å². The first-order valence-electron chi connectivity index (χ1n) is 7.00. The zero-order chi connectivity index (χ0) is 17.4. The first-order valence-corrected chi connectivity index (χ1v) is 7.88. The summed E-state index contributed by atoms with van der Waals surface area (Å²) >= 11 is 1.31. The van der Waals surface area contributed by atoms with Crippen molar-refractivity contribution in [1.29, 1.82) is 0 Å². The Morgan fingerprint density at radius 3 is 2.71 bits per heavy atom. The van der Waals surface area contributed by atoms with Gasteiger partial charge in [0, 0.05) is 5.56 Å². The number of ether oxygens (including phenoxy) is 2. The lowest BCUT2D eigenvalue weighted by Crippen LogP contribution is -2.34. The number of para-hydroxylation sites is 1. The van der Waals surface area contributed by atoms with E-state index in [4.69, 9.17) is 9.47 Å². The number of amides is 2. The van der Waals surface area contributed by atoms with Gasteiger partial charge in [0.05, 0.1) is 31.9 Å². The molecule has 2 rings (SSSR count).